The Kier molecular flexibility index (Phi) is 4.52. The molecule has 1 unspecified atom stereocenters. The fourth-order valence-electron chi connectivity index (χ4n) is 3.22. The highest BCUT2D eigenvalue weighted by Crippen LogP contribution is 2.21. The summed E-state index contributed by atoms with van der Waals surface area (Å²) in [6, 6.07) is 1.69. The third kappa shape index (κ3) is 3.80. The molecule has 1 amide bonds. The lowest BCUT2D eigenvalue weighted by Crippen LogP contribution is -2.36. The summed E-state index contributed by atoms with van der Waals surface area (Å²) in [5.74, 6) is 0.522. The number of aromatic nitrogens is 2. The van der Waals surface area contributed by atoms with Gasteiger partial charge in [-0.15, -0.1) is 0 Å². The van der Waals surface area contributed by atoms with E-state index in [1.807, 2.05) is 0 Å². The lowest BCUT2D eigenvalue weighted by Gasteiger charge is -2.23. The number of sulfone groups is 1. The highest BCUT2D eigenvalue weighted by molar-refractivity contribution is 7.91. The number of carbonyl (C=O) groups excluding carboxylic acids is 1. The zero-order valence-corrected chi connectivity index (χ0v) is 14.1. The van der Waals surface area contributed by atoms with E-state index in [1.165, 1.54) is 0 Å². The smallest absolute Gasteiger partial charge is 0.270 e. The minimum absolute atomic E-state index is 0.116. The number of rotatable bonds is 4. The van der Waals surface area contributed by atoms with Crippen molar-refractivity contribution in [3.05, 3.63) is 18.0 Å². The molecule has 126 valence electrons. The lowest BCUT2D eigenvalue weighted by molar-refractivity contribution is 0.0932. The number of anilines is 1. The van der Waals surface area contributed by atoms with Crippen LogP contribution >= 0.6 is 0 Å². The third-order valence-corrected chi connectivity index (χ3v) is 6.39. The summed E-state index contributed by atoms with van der Waals surface area (Å²) in [6.07, 6.45) is 6.46. The first kappa shape index (κ1) is 16.2. The Labute approximate surface area is 136 Å². The molecule has 7 nitrogen and oxygen atoms in total. The topological polar surface area (TPSA) is 92.3 Å². The molecule has 0 spiro atoms. The molecule has 1 aliphatic carbocycles. The monoisotopic (exact) mass is 338 g/mol. The normalized spacial score (nSPS) is 23.8. The molecular formula is C15H22N4O3S. The van der Waals surface area contributed by atoms with Gasteiger partial charge >= 0.3 is 0 Å². The number of nitrogens with one attached hydrogen (secondary N) is 1. The van der Waals surface area contributed by atoms with Gasteiger partial charge in [-0.05, 0) is 25.3 Å². The summed E-state index contributed by atoms with van der Waals surface area (Å²) in [6.45, 7) is 0. The van der Waals surface area contributed by atoms with Crippen molar-refractivity contribution < 1.29 is 13.2 Å². The Balaban J connectivity index is 1.70. The van der Waals surface area contributed by atoms with Gasteiger partial charge in [0.25, 0.3) is 5.91 Å². The Morgan fingerprint density at radius 2 is 2.04 bits per heavy atom. The van der Waals surface area contributed by atoms with Crippen LogP contribution in [0.1, 0.15) is 42.6 Å². The standard InChI is InChI=1S/C15H22N4O3S/c1-19(12-7-9-23(21,22)10-12)15-16-8-6-13(18-15)14(20)17-11-4-2-3-5-11/h6,8,11-12H,2-5,7,9-10H2,1H3,(H,17,20). The molecule has 0 radical (unpaired) electrons. The van der Waals surface area contributed by atoms with Gasteiger partial charge in [0.15, 0.2) is 9.84 Å². The van der Waals surface area contributed by atoms with Gasteiger partial charge in [-0.25, -0.2) is 18.4 Å². The van der Waals surface area contributed by atoms with E-state index < -0.39 is 9.84 Å². The summed E-state index contributed by atoms with van der Waals surface area (Å²) in [5, 5.41) is 3.00. The Hall–Kier alpha value is -1.70. The van der Waals surface area contributed by atoms with Gasteiger partial charge in [-0.1, -0.05) is 12.8 Å². The zero-order chi connectivity index (χ0) is 16.4. The first-order chi connectivity index (χ1) is 10.9. The lowest BCUT2D eigenvalue weighted by atomic mass is 10.2. The van der Waals surface area contributed by atoms with E-state index in [0.29, 0.717) is 18.1 Å². The molecule has 2 heterocycles. The predicted molar refractivity (Wildman–Crippen MR) is 87.2 cm³/mol. The van der Waals surface area contributed by atoms with Gasteiger partial charge in [-0.2, -0.15) is 0 Å². The maximum atomic E-state index is 12.3. The Morgan fingerprint density at radius 1 is 1.30 bits per heavy atom. The average molecular weight is 338 g/mol. The van der Waals surface area contributed by atoms with Crippen LogP contribution in [0.5, 0.6) is 0 Å². The molecule has 1 saturated heterocycles. The summed E-state index contributed by atoms with van der Waals surface area (Å²) in [4.78, 5) is 22.5. The number of hydrogen-bond donors (Lipinski definition) is 1. The third-order valence-electron chi connectivity index (χ3n) is 4.64. The van der Waals surface area contributed by atoms with Crippen LogP contribution in [0.25, 0.3) is 0 Å². The van der Waals surface area contributed by atoms with E-state index >= 15 is 0 Å². The molecule has 8 heteroatoms. The summed E-state index contributed by atoms with van der Waals surface area (Å²) in [7, 11) is -1.19. The van der Waals surface area contributed by atoms with Gasteiger partial charge in [-0.3, -0.25) is 4.79 Å². The van der Waals surface area contributed by atoms with Crippen molar-refractivity contribution in [3.63, 3.8) is 0 Å². The van der Waals surface area contributed by atoms with Crippen LogP contribution in [0.2, 0.25) is 0 Å². The van der Waals surface area contributed by atoms with E-state index in [-0.39, 0.29) is 29.5 Å². The predicted octanol–water partition coefficient (Wildman–Crippen LogP) is 0.772. The van der Waals surface area contributed by atoms with Crippen LogP contribution in [0.4, 0.5) is 5.95 Å². The first-order valence-corrected chi connectivity index (χ1v) is 9.84. The van der Waals surface area contributed by atoms with Crippen molar-refractivity contribution in [2.45, 2.75) is 44.2 Å². The number of nitrogens with zero attached hydrogens (tertiary/aromatic N) is 3. The molecular weight excluding hydrogens is 316 g/mol. The number of hydrogen-bond acceptors (Lipinski definition) is 6. The minimum atomic E-state index is -2.97. The average Bonchev–Trinajstić information content (AvgIpc) is 3.16. The molecule has 1 atom stereocenters. The number of amides is 1. The first-order valence-electron chi connectivity index (χ1n) is 8.02. The molecule has 23 heavy (non-hydrogen) atoms. The fraction of sp³-hybridized carbons (Fsp3) is 0.667. The van der Waals surface area contributed by atoms with Crippen LogP contribution in [0.3, 0.4) is 0 Å². The van der Waals surface area contributed by atoms with Crippen molar-refractivity contribution in [2.24, 2.45) is 0 Å². The van der Waals surface area contributed by atoms with Gasteiger partial charge in [0.1, 0.15) is 5.69 Å². The molecule has 0 bridgehead atoms. The second kappa shape index (κ2) is 6.43. The minimum Gasteiger partial charge on any atom is -0.348 e. The van der Waals surface area contributed by atoms with Crippen molar-refractivity contribution >= 4 is 21.7 Å². The zero-order valence-electron chi connectivity index (χ0n) is 13.2. The van der Waals surface area contributed by atoms with Gasteiger partial charge in [0, 0.05) is 25.3 Å². The molecule has 1 aromatic rings. The second-order valence-corrected chi connectivity index (χ2v) is 8.59. The molecule has 0 aromatic carbocycles. The molecule has 1 saturated carbocycles. The fourth-order valence-corrected chi connectivity index (χ4v) is 4.99. The van der Waals surface area contributed by atoms with Crippen molar-refractivity contribution in [3.8, 4) is 0 Å². The van der Waals surface area contributed by atoms with Crippen molar-refractivity contribution in [1.29, 1.82) is 0 Å². The Bertz CT molecular complexity index is 686. The Morgan fingerprint density at radius 3 is 2.70 bits per heavy atom. The van der Waals surface area contributed by atoms with E-state index in [4.69, 9.17) is 0 Å². The summed E-state index contributed by atoms with van der Waals surface area (Å²) in [5.41, 5.74) is 0.328. The molecule has 2 fully saturated rings. The van der Waals surface area contributed by atoms with Crippen LogP contribution < -0.4 is 10.2 Å². The molecule has 1 aromatic heterocycles. The van der Waals surface area contributed by atoms with Crippen molar-refractivity contribution in [1.82, 2.24) is 15.3 Å². The van der Waals surface area contributed by atoms with E-state index in [9.17, 15) is 13.2 Å². The SMILES string of the molecule is CN(c1nccc(C(=O)NC2CCCC2)n1)C1CCS(=O)(=O)C1. The molecule has 3 rings (SSSR count). The van der Waals surface area contributed by atoms with Gasteiger partial charge in [0.2, 0.25) is 5.95 Å². The van der Waals surface area contributed by atoms with Crippen LogP contribution in [0.15, 0.2) is 12.3 Å². The molecule has 1 aliphatic heterocycles. The van der Waals surface area contributed by atoms with E-state index in [1.54, 1.807) is 24.2 Å². The quantitative estimate of drug-likeness (QED) is 0.872. The largest absolute Gasteiger partial charge is 0.348 e. The highest BCUT2D eigenvalue weighted by atomic mass is 32.2. The summed E-state index contributed by atoms with van der Waals surface area (Å²) < 4.78 is 23.2. The van der Waals surface area contributed by atoms with Crippen LogP contribution in [-0.2, 0) is 9.84 Å². The van der Waals surface area contributed by atoms with E-state index in [0.717, 1.165) is 25.7 Å². The second-order valence-electron chi connectivity index (χ2n) is 6.36. The maximum Gasteiger partial charge on any atom is 0.270 e. The maximum absolute atomic E-state index is 12.3. The van der Waals surface area contributed by atoms with Gasteiger partial charge in [0.05, 0.1) is 11.5 Å². The van der Waals surface area contributed by atoms with Crippen molar-refractivity contribution in [2.75, 3.05) is 23.5 Å². The van der Waals surface area contributed by atoms with Crippen LogP contribution in [0, 0.1) is 0 Å². The summed E-state index contributed by atoms with van der Waals surface area (Å²) >= 11 is 0. The molecule has 1 N–H and O–H groups in total. The highest BCUT2D eigenvalue weighted by Gasteiger charge is 2.32. The van der Waals surface area contributed by atoms with E-state index in [2.05, 4.69) is 15.3 Å². The van der Waals surface area contributed by atoms with Crippen LogP contribution in [-0.4, -0.2) is 54.9 Å². The van der Waals surface area contributed by atoms with Gasteiger partial charge < -0.3 is 10.2 Å². The number of carbonyl (C=O) groups is 1. The molecule has 2 aliphatic rings.